The van der Waals surface area contributed by atoms with Gasteiger partial charge in [0.2, 0.25) is 0 Å². The fraction of sp³-hybridized carbons (Fsp3) is 1.00. The summed E-state index contributed by atoms with van der Waals surface area (Å²) in [5.74, 6) is 0. The van der Waals surface area contributed by atoms with Crippen molar-refractivity contribution in [2.75, 3.05) is 0 Å². The Labute approximate surface area is 171 Å². The molecule has 0 radical (unpaired) electrons. The van der Waals surface area contributed by atoms with E-state index >= 15 is 0 Å². The third-order valence-corrected chi connectivity index (χ3v) is 0. The maximum absolute atomic E-state index is 8.06. The molecule has 0 aromatic rings. The van der Waals surface area contributed by atoms with Crippen molar-refractivity contribution in [1.82, 2.24) is 0 Å². The van der Waals surface area contributed by atoms with Gasteiger partial charge in [-0.25, -0.2) is 0 Å². The average Bonchev–Trinajstić information content (AvgIpc) is 2.08. The van der Waals surface area contributed by atoms with Gasteiger partial charge in [-0.2, -0.15) is 0 Å². The number of rotatable bonds is 0. The van der Waals surface area contributed by atoms with Gasteiger partial charge < -0.3 is 30.6 Å². The molecule has 0 aromatic carbocycles. The Bertz CT molecular complexity index is 101. The van der Waals surface area contributed by atoms with E-state index in [4.69, 9.17) is 30.6 Å². The van der Waals surface area contributed by atoms with Gasteiger partial charge in [0.1, 0.15) is 0 Å². The molecule has 6 nitrogen and oxygen atoms in total. The summed E-state index contributed by atoms with van der Waals surface area (Å²) < 4.78 is 0. The summed E-state index contributed by atoms with van der Waals surface area (Å²) >= 11 is 0. The van der Waals surface area contributed by atoms with Gasteiger partial charge in [-0.1, -0.05) is 0 Å². The Morgan fingerprint density at radius 1 is 0.280 bits per heavy atom. The molecule has 0 aliphatic rings. The van der Waals surface area contributed by atoms with Gasteiger partial charge in [-0.05, 0) is 83.1 Å². The third-order valence-electron chi connectivity index (χ3n) is 0. The molecule has 0 saturated carbocycles. The summed E-state index contributed by atoms with van der Waals surface area (Å²) in [6.07, 6.45) is -1.00. The van der Waals surface area contributed by atoms with Crippen molar-refractivity contribution < 1.29 is 51.7 Å². The van der Waals surface area contributed by atoms with E-state index in [0.717, 1.165) is 0 Å². The molecule has 6 N–H and O–H groups in total. The Morgan fingerprint density at radius 2 is 0.280 bits per heavy atom. The average molecular weight is 544 g/mol. The van der Waals surface area contributed by atoms with E-state index in [1.54, 1.807) is 83.1 Å². The molecule has 0 aromatic heterocycles. The first-order chi connectivity index (χ1) is 10.4. The van der Waals surface area contributed by atoms with Gasteiger partial charge in [-0.3, -0.25) is 0 Å². The predicted octanol–water partition coefficient (Wildman–Crippen LogP) is 2.32. The Hall–Kier alpha value is 0.448. The van der Waals surface area contributed by atoms with Crippen molar-refractivity contribution in [2.24, 2.45) is 0 Å². The fourth-order valence-electron chi connectivity index (χ4n) is 0. The largest absolute Gasteiger partial charge is 0.394 e. The predicted molar refractivity (Wildman–Crippen MR) is 104 cm³/mol. The van der Waals surface area contributed by atoms with Crippen LogP contribution in [0.2, 0.25) is 0 Å². The number of aliphatic hydroxyl groups excluding tert-OH is 6. The molecular weight excluding hydrogens is 496 g/mol. The van der Waals surface area contributed by atoms with Gasteiger partial charge in [0.05, 0.1) is 0 Å². The second-order valence-corrected chi connectivity index (χ2v) is 6.56. The van der Waals surface area contributed by atoms with Gasteiger partial charge in [0.25, 0.3) is 0 Å². The molecule has 0 bridgehead atoms. The second kappa shape index (κ2) is 39.5. The summed E-state index contributed by atoms with van der Waals surface area (Å²) in [7, 11) is 0. The van der Waals surface area contributed by atoms with Crippen molar-refractivity contribution in [3.05, 3.63) is 0 Å². The minimum absolute atomic E-state index is 0. The molecule has 0 saturated heterocycles. The summed E-state index contributed by atoms with van der Waals surface area (Å²) in [4.78, 5) is 0. The molecule has 0 amide bonds. The van der Waals surface area contributed by atoms with E-state index in [2.05, 4.69) is 0 Å². The Balaban J connectivity index is -0.0000000309. The van der Waals surface area contributed by atoms with Gasteiger partial charge in [0.15, 0.2) is 0 Å². The van der Waals surface area contributed by atoms with Crippen molar-refractivity contribution >= 4 is 0 Å². The van der Waals surface area contributed by atoms with Crippen molar-refractivity contribution in [2.45, 2.75) is 120 Å². The fourth-order valence-corrected chi connectivity index (χ4v) is 0. The zero-order chi connectivity index (χ0) is 21.5. The van der Waals surface area contributed by atoms with E-state index in [-0.39, 0.29) is 57.7 Å². The van der Waals surface area contributed by atoms with Crippen LogP contribution in [-0.4, -0.2) is 67.3 Å². The molecule has 0 unspecified atom stereocenters. The topological polar surface area (TPSA) is 121 Å². The van der Waals surface area contributed by atoms with Crippen LogP contribution >= 0.6 is 0 Å². The van der Waals surface area contributed by atoms with E-state index in [0.29, 0.717) is 0 Å². The van der Waals surface area contributed by atoms with Crippen molar-refractivity contribution in [1.29, 1.82) is 0 Å². The number of hydrogen-bond acceptors (Lipinski definition) is 6. The zero-order valence-electron chi connectivity index (χ0n) is 18.6. The molecular formula is C18H48O6W. The smallest absolute Gasteiger partial charge is 0.0483 e. The van der Waals surface area contributed by atoms with Crippen molar-refractivity contribution in [3.63, 3.8) is 0 Å². The van der Waals surface area contributed by atoms with Gasteiger partial charge in [0, 0.05) is 57.7 Å². The van der Waals surface area contributed by atoms with Gasteiger partial charge in [-0.15, -0.1) is 0 Å². The molecule has 0 atom stereocenters. The van der Waals surface area contributed by atoms with Crippen LogP contribution in [0.25, 0.3) is 0 Å². The third kappa shape index (κ3) is 61300. The molecule has 162 valence electrons. The SMILES string of the molecule is CC(C)O.CC(C)O.CC(C)O.CC(C)O.CC(C)O.CC(C)O.[W]. The first-order valence-corrected chi connectivity index (χ1v) is 8.48. The number of aliphatic hydroxyl groups is 6. The normalized spacial score (nSPS) is 8.64. The van der Waals surface area contributed by atoms with Crippen LogP contribution in [0.3, 0.4) is 0 Å². The molecule has 0 rings (SSSR count). The minimum Gasteiger partial charge on any atom is -0.394 e. The molecule has 0 spiro atoms. The maximum atomic E-state index is 8.06. The first-order valence-electron chi connectivity index (χ1n) is 8.48. The quantitative estimate of drug-likeness (QED) is 0.279. The summed E-state index contributed by atoms with van der Waals surface area (Å²) in [6, 6.07) is 0. The van der Waals surface area contributed by atoms with Crippen molar-refractivity contribution in [3.8, 4) is 0 Å². The zero-order valence-corrected chi connectivity index (χ0v) is 21.5. The van der Waals surface area contributed by atoms with E-state index in [1.807, 2.05) is 0 Å². The number of hydrogen-bond donors (Lipinski definition) is 6. The van der Waals surface area contributed by atoms with Crippen LogP contribution in [-0.2, 0) is 21.1 Å². The molecule has 0 aliphatic heterocycles. The maximum Gasteiger partial charge on any atom is 0.0483 e. The van der Waals surface area contributed by atoms with Crippen LogP contribution in [0.15, 0.2) is 0 Å². The standard InChI is InChI=1S/6C3H8O.W/c6*1-3(2)4;/h6*3-4H,1-2H3;. The monoisotopic (exact) mass is 544 g/mol. The van der Waals surface area contributed by atoms with Crippen LogP contribution in [0, 0.1) is 0 Å². The van der Waals surface area contributed by atoms with E-state index in [9.17, 15) is 0 Å². The summed E-state index contributed by atoms with van der Waals surface area (Å²) in [6.45, 7) is 20.7. The Morgan fingerprint density at radius 3 is 0.280 bits per heavy atom. The molecule has 0 heterocycles. The molecule has 7 heteroatoms. The minimum atomic E-state index is -0.167. The molecule has 0 aliphatic carbocycles. The summed E-state index contributed by atoms with van der Waals surface area (Å²) in [5.41, 5.74) is 0. The molecule has 25 heavy (non-hydrogen) atoms. The van der Waals surface area contributed by atoms with Crippen LogP contribution in [0.1, 0.15) is 83.1 Å². The molecule has 0 fully saturated rings. The van der Waals surface area contributed by atoms with Crippen LogP contribution in [0.5, 0.6) is 0 Å². The van der Waals surface area contributed by atoms with Gasteiger partial charge >= 0.3 is 0 Å². The van der Waals surface area contributed by atoms with Crippen LogP contribution in [0.4, 0.5) is 0 Å². The second-order valence-electron chi connectivity index (χ2n) is 6.56. The van der Waals surface area contributed by atoms with E-state index < -0.39 is 0 Å². The van der Waals surface area contributed by atoms with Crippen LogP contribution < -0.4 is 0 Å². The Kier molecular flexibility index (Phi) is 70.6. The van der Waals surface area contributed by atoms with E-state index in [1.165, 1.54) is 0 Å². The first kappa shape index (κ1) is 44.7. The summed E-state index contributed by atoms with van der Waals surface area (Å²) in [5, 5.41) is 48.3.